The van der Waals surface area contributed by atoms with Gasteiger partial charge in [0.05, 0.1) is 10.0 Å². The average molecular weight is 320 g/mol. The van der Waals surface area contributed by atoms with E-state index in [1.54, 1.807) is 0 Å². The second-order valence-corrected chi connectivity index (χ2v) is 4.79. The van der Waals surface area contributed by atoms with Gasteiger partial charge in [-0.2, -0.15) is 0 Å². The standard InChI is InChI=1S/C12H11Cl2NO5/c1-6(16)15(10(11(17)18)12(19)20)5-7-2-3-8(13)9(14)4-7/h2-4,10H,5H2,1H3,(H,17,18)(H,19,20). The molecule has 0 aliphatic rings. The van der Waals surface area contributed by atoms with Crippen molar-refractivity contribution < 1.29 is 24.6 Å². The lowest BCUT2D eigenvalue weighted by Gasteiger charge is -2.25. The number of rotatable bonds is 5. The largest absolute Gasteiger partial charge is 0.479 e. The zero-order valence-electron chi connectivity index (χ0n) is 10.3. The Labute approximate surface area is 124 Å². The fraction of sp³-hybridized carbons (Fsp3) is 0.250. The number of halogens is 2. The van der Waals surface area contributed by atoms with Gasteiger partial charge in [-0.25, -0.2) is 9.59 Å². The Hall–Kier alpha value is -1.79. The molecule has 0 aliphatic carbocycles. The van der Waals surface area contributed by atoms with Crippen LogP contribution in [0, 0.1) is 0 Å². The molecule has 0 fully saturated rings. The second kappa shape index (κ2) is 6.58. The third-order valence-electron chi connectivity index (χ3n) is 2.52. The summed E-state index contributed by atoms with van der Waals surface area (Å²) in [6.45, 7) is 0.895. The number of aliphatic carboxylic acids is 2. The zero-order chi connectivity index (χ0) is 15.4. The first kappa shape index (κ1) is 16.3. The van der Waals surface area contributed by atoms with Crippen LogP contribution in [-0.4, -0.2) is 39.0 Å². The smallest absolute Gasteiger partial charge is 0.338 e. The number of carbonyl (C=O) groups excluding carboxylic acids is 1. The number of hydrogen-bond donors (Lipinski definition) is 2. The van der Waals surface area contributed by atoms with Gasteiger partial charge in [0.1, 0.15) is 0 Å². The summed E-state index contributed by atoms with van der Waals surface area (Å²) < 4.78 is 0. The highest BCUT2D eigenvalue weighted by Crippen LogP contribution is 2.23. The number of carboxylic acid groups (broad SMARTS) is 2. The van der Waals surface area contributed by atoms with Crippen molar-refractivity contribution >= 4 is 41.0 Å². The molecule has 1 aromatic carbocycles. The van der Waals surface area contributed by atoms with Gasteiger partial charge in [0.15, 0.2) is 0 Å². The maximum absolute atomic E-state index is 11.5. The Morgan fingerprint density at radius 1 is 1.15 bits per heavy atom. The Morgan fingerprint density at radius 3 is 2.10 bits per heavy atom. The molecular weight excluding hydrogens is 309 g/mol. The second-order valence-electron chi connectivity index (χ2n) is 3.97. The van der Waals surface area contributed by atoms with Crippen molar-refractivity contribution in [2.75, 3.05) is 0 Å². The predicted molar refractivity (Wildman–Crippen MR) is 71.7 cm³/mol. The van der Waals surface area contributed by atoms with Crippen molar-refractivity contribution in [3.8, 4) is 0 Å². The molecule has 108 valence electrons. The van der Waals surface area contributed by atoms with Gasteiger partial charge in [-0.1, -0.05) is 29.3 Å². The number of benzene rings is 1. The third-order valence-corrected chi connectivity index (χ3v) is 3.26. The van der Waals surface area contributed by atoms with Crippen LogP contribution in [0.25, 0.3) is 0 Å². The number of carboxylic acids is 2. The topological polar surface area (TPSA) is 94.9 Å². The van der Waals surface area contributed by atoms with E-state index < -0.39 is 23.9 Å². The van der Waals surface area contributed by atoms with Crippen LogP contribution in [0.15, 0.2) is 18.2 Å². The van der Waals surface area contributed by atoms with Gasteiger partial charge < -0.3 is 15.1 Å². The molecule has 0 spiro atoms. The first-order chi connectivity index (χ1) is 9.23. The lowest BCUT2D eigenvalue weighted by atomic mass is 10.1. The summed E-state index contributed by atoms with van der Waals surface area (Å²) in [4.78, 5) is 34.2. The molecule has 0 bridgehead atoms. The molecule has 0 aliphatic heterocycles. The molecule has 0 atom stereocenters. The van der Waals surface area contributed by atoms with Crippen LogP contribution in [0.5, 0.6) is 0 Å². The monoisotopic (exact) mass is 319 g/mol. The van der Waals surface area contributed by atoms with E-state index in [1.807, 2.05) is 0 Å². The summed E-state index contributed by atoms with van der Waals surface area (Å²) in [5.41, 5.74) is 0.474. The fourth-order valence-electron chi connectivity index (χ4n) is 1.59. The quantitative estimate of drug-likeness (QED) is 0.808. The van der Waals surface area contributed by atoms with Crippen molar-refractivity contribution in [1.29, 1.82) is 0 Å². The highest BCUT2D eigenvalue weighted by Gasteiger charge is 2.34. The number of amides is 1. The third kappa shape index (κ3) is 3.85. The minimum absolute atomic E-state index is 0.199. The Bertz CT molecular complexity index is 547. The first-order valence-electron chi connectivity index (χ1n) is 5.40. The van der Waals surface area contributed by atoms with E-state index in [0.717, 1.165) is 11.8 Å². The van der Waals surface area contributed by atoms with Gasteiger partial charge in [0, 0.05) is 13.5 Å². The maximum Gasteiger partial charge on any atom is 0.338 e. The van der Waals surface area contributed by atoms with Gasteiger partial charge in [-0.15, -0.1) is 0 Å². The molecule has 1 aromatic rings. The lowest BCUT2D eigenvalue weighted by molar-refractivity contribution is -0.161. The minimum atomic E-state index is -1.96. The number of hydrogen-bond acceptors (Lipinski definition) is 3. The maximum atomic E-state index is 11.5. The van der Waals surface area contributed by atoms with Crippen molar-refractivity contribution in [2.45, 2.75) is 19.5 Å². The lowest BCUT2D eigenvalue weighted by Crippen LogP contribution is -2.48. The molecule has 0 aromatic heterocycles. The van der Waals surface area contributed by atoms with Crippen LogP contribution in [0.4, 0.5) is 0 Å². The van der Waals surface area contributed by atoms with E-state index in [0.29, 0.717) is 10.6 Å². The molecule has 1 rings (SSSR count). The average Bonchev–Trinajstić information content (AvgIpc) is 2.31. The summed E-state index contributed by atoms with van der Waals surface area (Å²) in [7, 11) is 0. The molecule has 0 radical (unpaired) electrons. The van der Waals surface area contributed by atoms with E-state index in [4.69, 9.17) is 33.4 Å². The molecule has 0 saturated heterocycles. The van der Waals surface area contributed by atoms with Crippen LogP contribution >= 0.6 is 23.2 Å². The molecule has 6 nitrogen and oxygen atoms in total. The molecule has 0 saturated carbocycles. The Balaban J connectivity index is 3.08. The van der Waals surface area contributed by atoms with Crippen molar-refractivity contribution in [3.05, 3.63) is 33.8 Å². The van der Waals surface area contributed by atoms with Crippen LogP contribution < -0.4 is 0 Å². The summed E-state index contributed by atoms with van der Waals surface area (Å²) in [6.07, 6.45) is 0. The number of nitrogens with zero attached hydrogens (tertiary/aromatic N) is 1. The summed E-state index contributed by atoms with van der Waals surface area (Å²) in [5.74, 6) is -3.91. The fourth-order valence-corrected chi connectivity index (χ4v) is 1.91. The van der Waals surface area contributed by atoms with Crippen molar-refractivity contribution in [1.82, 2.24) is 4.90 Å². The Morgan fingerprint density at radius 2 is 1.70 bits per heavy atom. The molecular formula is C12H11Cl2NO5. The molecule has 0 heterocycles. The molecule has 2 N–H and O–H groups in total. The van der Waals surface area contributed by atoms with Gasteiger partial charge in [0.25, 0.3) is 0 Å². The van der Waals surface area contributed by atoms with Crippen LogP contribution in [0.1, 0.15) is 12.5 Å². The minimum Gasteiger partial charge on any atom is -0.479 e. The summed E-state index contributed by atoms with van der Waals surface area (Å²) >= 11 is 11.6. The van der Waals surface area contributed by atoms with E-state index in [-0.39, 0.29) is 11.6 Å². The van der Waals surface area contributed by atoms with Crippen molar-refractivity contribution in [2.24, 2.45) is 0 Å². The predicted octanol–water partition coefficient (Wildman–Crippen LogP) is 1.88. The van der Waals surface area contributed by atoms with Crippen molar-refractivity contribution in [3.63, 3.8) is 0 Å². The summed E-state index contributed by atoms with van der Waals surface area (Å²) in [5, 5.41) is 18.4. The SMILES string of the molecule is CC(=O)N(Cc1ccc(Cl)c(Cl)c1)C(C(=O)O)C(=O)O. The van der Waals surface area contributed by atoms with E-state index in [1.165, 1.54) is 18.2 Å². The van der Waals surface area contributed by atoms with Gasteiger partial charge >= 0.3 is 11.9 Å². The van der Waals surface area contributed by atoms with E-state index in [9.17, 15) is 14.4 Å². The van der Waals surface area contributed by atoms with Crippen LogP contribution in [-0.2, 0) is 20.9 Å². The van der Waals surface area contributed by atoms with Gasteiger partial charge in [-0.05, 0) is 17.7 Å². The molecule has 1 amide bonds. The van der Waals surface area contributed by atoms with Gasteiger partial charge in [-0.3, -0.25) is 4.79 Å². The summed E-state index contributed by atoms with van der Waals surface area (Å²) in [6, 6.07) is 2.50. The highest BCUT2D eigenvalue weighted by atomic mass is 35.5. The van der Waals surface area contributed by atoms with Crippen LogP contribution in [0.2, 0.25) is 10.0 Å². The molecule has 0 unspecified atom stereocenters. The Kier molecular flexibility index (Phi) is 5.35. The molecule has 20 heavy (non-hydrogen) atoms. The van der Waals surface area contributed by atoms with Crippen LogP contribution in [0.3, 0.4) is 0 Å². The highest BCUT2D eigenvalue weighted by molar-refractivity contribution is 6.42. The zero-order valence-corrected chi connectivity index (χ0v) is 11.9. The van der Waals surface area contributed by atoms with E-state index in [2.05, 4.69) is 0 Å². The first-order valence-corrected chi connectivity index (χ1v) is 6.16. The molecule has 8 heteroatoms. The van der Waals surface area contributed by atoms with Gasteiger partial charge in [0.2, 0.25) is 11.9 Å². The number of carbonyl (C=O) groups is 3. The van der Waals surface area contributed by atoms with E-state index >= 15 is 0 Å². The normalized spacial score (nSPS) is 10.4.